The van der Waals surface area contributed by atoms with Crippen LogP contribution >= 0.6 is 0 Å². The maximum Gasteiger partial charge on any atom is 0.325 e. The monoisotopic (exact) mass is 440 g/mol. The van der Waals surface area contributed by atoms with E-state index in [-0.39, 0.29) is 17.2 Å². The number of hydrogen-bond donors (Lipinski definition) is 2. The minimum absolute atomic E-state index is 0.0924. The van der Waals surface area contributed by atoms with Crippen molar-refractivity contribution in [1.82, 2.24) is 9.97 Å². The predicted octanol–water partition coefficient (Wildman–Crippen LogP) is 3.46. The predicted molar refractivity (Wildman–Crippen MR) is 121 cm³/mol. The van der Waals surface area contributed by atoms with E-state index in [4.69, 9.17) is 0 Å². The number of hydrogen-bond acceptors (Lipinski definition) is 4. The van der Waals surface area contributed by atoms with Gasteiger partial charge < -0.3 is 4.98 Å². The fourth-order valence-electron chi connectivity index (χ4n) is 5.04. The van der Waals surface area contributed by atoms with Gasteiger partial charge in [-0.2, -0.15) is 0 Å². The van der Waals surface area contributed by atoms with Gasteiger partial charge in [-0.25, -0.2) is 13.2 Å². The summed E-state index contributed by atoms with van der Waals surface area (Å²) in [4.78, 5) is 30.2. The third-order valence-corrected chi connectivity index (χ3v) is 7.81. The fraction of sp³-hybridized carbons (Fsp3) is 0.417. The molecule has 1 atom stereocenters. The molecule has 7 heteroatoms. The topological polar surface area (TPSA) is 99.9 Å². The van der Waals surface area contributed by atoms with E-state index >= 15 is 0 Å². The first-order chi connectivity index (χ1) is 14.8. The van der Waals surface area contributed by atoms with Crippen LogP contribution in [0.25, 0.3) is 0 Å². The molecule has 1 saturated carbocycles. The number of rotatable bonds is 5. The Kier molecular flexibility index (Phi) is 6.14. The van der Waals surface area contributed by atoms with Gasteiger partial charge in [-0.15, -0.1) is 0 Å². The molecule has 0 bridgehead atoms. The molecule has 2 aliphatic carbocycles. The van der Waals surface area contributed by atoms with Crippen LogP contribution in [0.15, 0.2) is 63.1 Å². The lowest BCUT2D eigenvalue weighted by Gasteiger charge is -2.33. The van der Waals surface area contributed by atoms with E-state index in [1.54, 1.807) is 24.3 Å². The highest BCUT2D eigenvalue weighted by Crippen LogP contribution is 2.40. The fourth-order valence-corrected chi connectivity index (χ4v) is 5.98. The van der Waals surface area contributed by atoms with E-state index in [1.807, 2.05) is 0 Å². The van der Waals surface area contributed by atoms with E-state index in [2.05, 4.69) is 34.3 Å². The first kappa shape index (κ1) is 21.6. The number of aromatic nitrogens is 2. The van der Waals surface area contributed by atoms with Gasteiger partial charge >= 0.3 is 5.69 Å². The van der Waals surface area contributed by atoms with Crippen molar-refractivity contribution in [1.29, 1.82) is 0 Å². The van der Waals surface area contributed by atoms with Crippen LogP contribution in [0.2, 0.25) is 0 Å². The number of H-pyrrole nitrogens is 2. The average Bonchev–Trinajstić information content (AvgIpc) is 2.76. The van der Waals surface area contributed by atoms with Crippen LogP contribution in [0.3, 0.4) is 0 Å². The van der Waals surface area contributed by atoms with Crippen LogP contribution in [0.4, 0.5) is 0 Å². The van der Waals surface area contributed by atoms with Crippen LogP contribution in [0, 0.1) is 11.8 Å². The van der Waals surface area contributed by atoms with E-state index in [1.165, 1.54) is 6.26 Å². The van der Waals surface area contributed by atoms with Gasteiger partial charge in [0.05, 0.1) is 4.90 Å². The van der Waals surface area contributed by atoms with Gasteiger partial charge in [0.1, 0.15) is 0 Å². The zero-order chi connectivity index (χ0) is 22.0. The highest BCUT2D eigenvalue weighted by atomic mass is 32.2. The Hall–Kier alpha value is -2.67. The summed E-state index contributed by atoms with van der Waals surface area (Å²) < 4.78 is 24.4. The smallest absolute Gasteiger partial charge is 0.311 e. The molecule has 1 unspecified atom stereocenters. The van der Waals surface area contributed by atoms with Crippen molar-refractivity contribution in [2.45, 2.75) is 49.3 Å². The van der Waals surface area contributed by atoms with Crippen LogP contribution in [-0.2, 0) is 16.3 Å². The molecular formula is C24H28N2O4S. The number of allylic oxidation sites excluding steroid dienone is 4. The number of nitrogens with one attached hydrogen (secondary N) is 2. The van der Waals surface area contributed by atoms with E-state index in [0.717, 1.165) is 32.1 Å². The molecule has 0 amide bonds. The van der Waals surface area contributed by atoms with E-state index in [0.29, 0.717) is 28.7 Å². The van der Waals surface area contributed by atoms with Gasteiger partial charge in [-0.05, 0) is 61.5 Å². The average molecular weight is 441 g/mol. The minimum atomic E-state index is -3.43. The van der Waals surface area contributed by atoms with Crippen molar-refractivity contribution in [2.24, 2.45) is 11.8 Å². The molecule has 4 rings (SSSR count). The molecule has 1 heterocycles. The molecule has 2 aliphatic rings. The Morgan fingerprint density at radius 2 is 1.74 bits per heavy atom. The summed E-state index contributed by atoms with van der Waals surface area (Å²) in [7, 11) is -3.43. The van der Waals surface area contributed by atoms with Crippen molar-refractivity contribution in [3.8, 4) is 0 Å². The molecule has 31 heavy (non-hydrogen) atoms. The molecule has 6 nitrogen and oxygen atoms in total. The van der Waals surface area contributed by atoms with Crippen molar-refractivity contribution < 1.29 is 8.42 Å². The normalized spacial score (nSPS) is 23.7. The molecule has 0 spiro atoms. The second-order valence-electron chi connectivity index (χ2n) is 8.68. The van der Waals surface area contributed by atoms with Gasteiger partial charge in [0, 0.05) is 23.9 Å². The molecule has 0 radical (unpaired) electrons. The first-order valence-electron chi connectivity index (χ1n) is 10.8. The van der Waals surface area contributed by atoms with Gasteiger partial charge in [0.25, 0.3) is 5.56 Å². The summed E-state index contributed by atoms with van der Waals surface area (Å²) in [5.74, 6) is 1.26. The Bertz CT molecular complexity index is 1230. The van der Waals surface area contributed by atoms with Crippen molar-refractivity contribution in [3.63, 3.8) is 0 Å². The second-order valence-corrected chi connectivity index (χ2v) is 10.7. The summed E-state index contributed by atoms with van der Waals surface area (Å²) in [5.41, 5.74) is 0.734. The highest BCUT2D eigenvalue weighted by molar-refractivity contribution is 7.90. The summed E-state index contributed by atoms with van der Waals surface area (Å²) in [5, 5.41) is 0. The molecule has 0 saturated heterocycles. The first-order valence-corrected chi connectivity index (χ1v) is 12.7. The quantitative estimate of drug-likeness (QED) is 0.744. The lowest BCUT2D eigenvalue weighted by atomic mass is 9.72. The molecule has 2 N–H and O–H groups in total. The van der Waals surface area contributed by atoms with E-state index < -0.39 is 21.1 Å². The lowest BCUT2D eigenvalue weighted by molar-refractivity contribution is 0.262. The maximum absolute atomic E-state index is 12.7. The Morgan fingerprint density at radius 3 is 2.42 bits per heavy atom. The molecule has 2 aromatic rings. The van der Waals surface area contributed by atoms with E-state index in [9.17, 15) is 18.0 Å². The molecule has 1 aromatic heterocycles. The third kappa shape index (κ3) is 4.82. The Balaban J connectivity index is 1.62. The molecule has 164 valence electrons. The van der Waals surface area contributed by atoms with Crippen LogP contribution < -0.4 is 11.2 Å². The van der Waals surface area contributed by atoms with Gasteiger partial charge in [0.15, 0.2) is 9.84 Å². The molecule has 0 aliphatic heterocycles. The SMILES string of the molecule is CS(=O)(=O)c1ccccc1Cc1c(C2CCC(C3C=CC=CC3)CC2)[nH]c(=O)[nH]c1=O. The summed E-state index contributed by atoms with van der Waals surface area (Å²) >= 11 is 0. The Morgan fingerprint density at radius 1 is 1.00 bits per heavy atom. The number of benzene rings is 1. The highest BCUT2D eigenvalue weighted by Gasteiger charge is 2.29. The zero-order valence-electron chi connectivity index (χ0n) is 17.6. The maximum atomic E-state index is 12.7. The molecule has 1 aromatic carbocycles. The standard InChI is InChI=1S/C24H28N2O4S/c1-31(29,30)21-10-6-5-9-19(21)15-20-22(25-24(28)26-23(20)27)18-13-11-17(12-14-18)16-7-3-2-4-8-16/h2-7,9-10,16-18H,8,11-15H2,1H3,(H2,25,26,27,28). The summed E-state index contributed by atoms with van der Waals surface area (Å²) in [6, 6.07) is 6.72. The summed E-state index contributed by atoms with van der Waals surface area (Å²) in [6.45, 7) is 0. The zero-order valence-corrected chi connectivity index (χ0v) is 18.5. The summed E-state index contributed by atoms with van der Waals surface area (Å²) in [6.07, 6.45) is 15.0. The third-order valence-electron chi connectivity index (χ3n) is 6.61. The van der Waals surface area contributed by atoms with Gasteiger partial charge in [0.2, 0.25) is 0 Å². The second kappa shape index (κ2) is 8.83. The molecule has 1 fully saturated rings. The number of sulfone groups is 1. The van der Waals surface area contributed by atoms with Gasteiger partial charge in [-0.3, -0.25) is 9.78 Å². The van der Waals surface area contributed by atoms with Crippen molar-refractivity contribution >= 4 is 9.84 Å². The lowest BCUT2D eigenvalue weighted by Crippen LogP contribution is -2.31. The van der Waals surface area contributed by atoms with Crippen LogP contribution in [-0.4, -0.2) is 24.6 Å². The van der Waals surface area contributed by atoms with Crippen molar-refractivity contribution in [3.05, 3.63) is 86.2 Å². The molecular weight excluding hydrogens is 412 g/mol. The minimum Gasteiger partial charge on any atom is -0.311 e. The largest absolute Gasteiger partial charge is 0.325 e. The Labute approximate surface area is 182 Å². The van der Waals surface area contributed by atoms with Crippen LogP contribution in [0.5, 0.6) is 0 Å². The number of aromatic amines is 2. The van der Waals surface area contributed by atoms with Crippen LogP contribution in [0.1, 0.15) is 54.8 Å². The van der Waals surface area contributed by atoms with Gasteiger partial charge in [-0.1, -0.05) is 42.5 Å². The van der Waals surface area contributed by atoms with Crippen molar-refractivity contribution in [2.75, 3.05) is 6.26 Å².